The summed E-state index contributed by atoms with van der Waals surface area (Å²) in [5.74, 6) is -0.247. The molecule has 0 amide bonds. The average Bonchev–Trinajstić information content (AvgIpc) is 2.84. The maximum Gasteiger partial charge on any atom is 0.193 e. The number of carbonyl (C=O) groups excluding carboxylic acids is 1. The maximum absolute atomic E-state index is 13.8. The van der Waals surface area contributed by atoms with Crippen molar-refractivity contribution in [1.82, 2.24) is 0 Å². The van der Waals surface area contributed by atoms with E-state index in [2.05, 4.69) is 0 Å². The molecule has 0 fully saturated rings. The number of ketones is 1. The fourth-order valence-electron chi connectivity index (χ4n) is 4.19. The Morgan fingerprint density at radius 3 is 1.22 bits per heavy atom. The SMILES string of the molecule is CC(O)(c1ccccc1)c1ccccc1C(=O)c1ccccc1C(C)(O)c1ccccc1. The van der Waals surface area contributed by atoms with Gasteiger partial charge in [-0.25, -0.2) is 0 Å². The van der Waals surface area contributed by atoms with Gasteiger partial charge in [-0.15, -0.1) is 0 Å². The number of aliphatic hydroxyl groups is 2. The lowest BCUT2D eigenvalue weighted by Crippen LogP contribution is -2.28. The standard InChI is InChI=1S/C29H26O3/c1-28(31,21-13-5-3-6-14-21)25-19-11-9-17-23(25)27(30)24-18-10-12-20-26(24)29(2,32)22-15-7-4-8-16-22/h3-20,31-32H,1-2H3. The van der Waals surface area contributed by atoms with Crippen LogP contribution in [0.1, 0.15) is 52.0 Å². The molecule has 0 aliphatic rings. The first-order valence-electron chi connectivity index (χ1n) is 10.6. The van der Waals surface area contributed by atoms with E-state index in [9.17, 15) is 15.0 Å². The second-order valence-electron chi connectivity index (χ2n) is 8.30. The molecule has 4 aromatic rings. The van der Waals surface area contributed by atoms with Gasteiger partial charge in [-0.1, -0.05) is 109 Å². The van der Waals surface area contributed by atoms with E-state index in [0.29, 0.717) is 33.4 Å². The van der Waals surface area contributed by atoms with E-state index in [1.54, 1.807) is 50.2 Å². The third-order valence-electron chi connectivity index (χ3n) is 6.06. The summed E-state index contributed by atoms with van der Waals surface area (Å²) >= 11 is 0. The van der Waals surface area contributed by atoms with Gasteiger partial charge in [-0.05, 0) is 36.1 Å². The molecule has 0 saturated carbocycles. The van der Waals surface area contributed by atoms with Crippen molar-refractivity contribution in [2.75, 3.05) is 0 Å². The number of carbonyl (C=O) groups is 1. The summed E-state index contributed by atoms with van der Waals surface area (Å²) in [6.07, 6.45) is 0. The zero-order valence-corrected chi connectivity index (χ0v) is 18.2. The third kappa shape index (κ3) is 3.89. The maximum atomic E-state index is 13.8. The van der Waals surface area contributed by atoms with Crippen molar-refractivity contribution < 1.29 is 15.0 Å². The third-order valence-corrected chi connectivity index (χ3v) is 6.06. The molecule has 0 aliphatic carbocycles. The Morgan fingerprint density at radius 1 is 0.531 bits per heavy atom. The van der Waals surface area contributed by atoms with E-state index < -0.39 is 11.2 Å². The summed E-state index contributed by atoms with van der Waals surface area (Å²) in [5, 5.41) is 22.9. The molecule has 2 atom stereocenters. The fourth-order valence-corrected chi connectivity index (χ4v) is 4.19. The quantitative estimate of drug-likeness (QED) is 0.408. The van der Waals surface area contributed by atoms with Crippen molar-refractivity contribution >= 4 is 5.78 Å². The van der Waals surface area contributed by atoms with Crippen LogP contribution in [0.3, 0.4) is 0 Å². The van der Waals surface area contributed by atoms with Gasteiger partial charge in [-0.3, -0.25) is 4.79 Å². The Kier molecular flexibility index (Phi) is 5.79. The van der Waals surface area contributed by atoms with Crippen LogP contribution in [0.25, 0.3) is 0 Å². The fraction of sp³-hybridized carbons (Fsp3) is 0.138. The second-order valence-corrected chi connectivity index (χ2v) is 8.30. The molecule has 32 heavy (non-hydrogen) atoms. The lowest BCUT2D eigenvalue weighted by Gasteiger charge is -2.29. The summed E-state index contributed by atoms with van der Waals surface area (Å²) in [6, 6.07) is 32.8. The Hall–Kier alpha value is -3.53. The number of rotatable bonds is 6. The van der Waals surface area contributed by atoms with E-state index in [4.69, 9.17) is 0 Å². The van der Waals surface area contributed by atoms with Gasteiger partial charge in [0.15, 0.2) is 5.78 Å². The van der Waals surface area contributed by atoms with Gasteiger partial charge in [0, 0.05) is 11.1 Å². The summed E-state index contributed by atoms with van der Waals surface area (Å²) in [7, 11) is 0. The van der Waals surface area contributed by atoms with Crippen molar-refractivity contribution in [3.05, 3.63) is 143 Å². The summed E-state index contributed by atoms with van der Waals surface area (Å²) in [6.45, 7) is 3.39. The second kappa shape index (κ2) is 8.54. The molecular weight excluding hydrogens is 396 g/mol. The molecule has 0 spiro atoms. The molecule has 2 N–H and O–H groups in total. The molecule has 0 aromatic heterocycles. The van der Waals surface area contributed by atoms with Crippen LogP contribution >= 0.6 is 0 Å². The van der Waals surface area contributed by atoms with E-state index in [1.165, 1.54) is 0 Å². The molecule has 2 unspecified atom stereocenters. The van der Waals surface area contributed by atoms with E-state index in [1.807, 2.05) is 72.8 Å². The summed E-state index contributed by atoms with van der Waals surface area (Å²) in [4.78, 5) is 13.8. The van der Waals surface area contributed by atoms with E-state index in [0.717, 1.165) is 0 Å². The molecule has 0 bridgehead atoms. The smallest absolute Gasteiger partial charge is 0.193 e. The number of hydrogen-bond donors (Lipinski definition) is 2. The predicted molar refractivity (Wildman–Crippen MR) is 127 cm³/mol. The van der Waals surface area contributed by atoms with Crippen LogP contribution in [-0.4, -0.2) is 16.0 Å². The van der Waals surface area contributed by atoms with Crippen LogP contribution < -0.4 is 0 Å². The van der Waals surface area contributed by atoms with Gasteiger partial charge in [0.1, 0.15) is 11.2 Å². The first kappa shape index (κ1) is 21.7. The minimum Gasteiger partial charge on any atom is -0.381 e. The zero-order valence-electron chi connectivity index (χ0n) is 18.2. The average molecular weight is 423 g/mol. The van der Waals surface area contributed by atoms with Gasteiger partial charge < -0.3 is 10.2 Å². The first-order chi connectivity index (χ1) is 15.3. The van der Waals surface area contributed by atoms with E-state index >= 15 is 0 Å². The van der Waals surface area contributed by atoms with Crippen molar-refractivity contribution in [2.24, 2.45) is 0 Å². The molecule has 0 radical (unpaired) electrons. The van der Waals surface area contributed by atoms with Crippen molar-refractivity contribution in [1.29, 1.82) is 0 Å². The van der Waals surface area contributed by atoms with Crippen LogP contribution in [0, 0.1) is 0 Å². The molecule has 3 heteroatoms. The van der Waals surface area contributed by atoms with Crippen molar-refractivity contribution in [2.45, 2.75) is 25.0 Å². The highest BCUT2D eigenvalue weighted by molar-refractivity contribution is 6.11. The van der Waals surface area contributed by atoms with Gasteiger partial charge >= 0.3 is 0 Å². The molecule has 0 heterocycles. The molecule has 4 aromatic carbocycles. The van der Waals surface area contributed by atoms with Gasteiger partial charge in [0.05, 0.1) is 0 Å². The largest absolute Gasteiger partial charge is 0.381 e. The molecule has 0 saturated heterocycles. The molecule has 3 nitrogen and oxygen atoms in total. The monoisotopic (exact) mass is 422 g/mol. The topological polar surface area (TPSA) is 57.5 Å². The lowest BCUT2D eigenvalue weighted by atomic mass is 9.80. The van der Waals surface area contributed by atoms with Crippen LogP contribution in [0.4, 0.5) is 0 Å². The summed E-state index contributed by atoms with van der Waals surface area (Å²) < 4.78 is 0. The minimum atomic E-state index is -1.36. The lowest BCUT2D eigenvalue weighted by molar-refractivity contribution is 0.0910. The molecule has 4 rings (SSSR count). The molecular formula is C29H26O3. The van der Waals surface area contributed by atoms with Crippen LogP contribution in [0.15, 0.2) is 109 Å². The van der Waals surface area contributed by atoms with Crippen LogP contribution in [-0.2, 0) is 11.2 Å². The van der Waals surface area contributed by atoms with Gasteiger partial charge in [-0.2, -0.15) is 0 Å². The van der Waals surface area contributed by atoms with Crippen molar-refractivity contribution in [3.8, 4) is 0 Å². The summed E-state index contributed by atoms with van der Waals surface area (Å²) in [5.41, 5.74) is 0.523. The zero-order chi connectivity index (χ0) is 22.8. The highest BCUT2D eigenvalue weighted by atomic mass is 16.3. The Balaban J connectivity index is 1.84. The van der Waals surface area contributed by atoms with Gasteiger partial charge in [0.2, 0.25) is 0 Å². The Labute approximate surface area is 188 Å². The van der Waals surface area contributed by atoms with Gasteiger partial charge in [0.25, 0.3) is 0 Å². The Morgan fingerprint density at radius 2 is 0.844 bits per heavy atom. The minimum absolute atomic E-state index is 0.247. The Bertz CT molecular complexity index is 1130. The van der Waals surface area contributed by atoms with Crippen molar-refractivity contribution in [3.63, 3.8) is 0 Å². The van der Waals surface area contributed by atoms with Crippen LogP contribution in [0.2, 0.25) is 0 Å². The number of hydrogen-bond acceptors (Lipinski definition) is 3. The normalized spacial score (nSPS) is 14.9. The molecule has 160 valence electrons. The predicted octanol–water partition coefficient (Wildman–Crippen LogP) is 5.43. The first-order valence-corrected chi connectivity index (χ1v) is 10.6. The highest BCUT2D eigenvalue weighted by Crippen LogP contribution is 2.35. The molecule has 0 aliphatic heterocycles. The highest BCUT2D eigenvalue weighted by Gasteiger charge is 2.33. The van der Waals surface area contributed by atoms with E-state index in [-0.39, 0.29) is 5.78 Å². The van der Waals surface area contributed by atoms with Crippen LogP contribution in [0.5, 0.6) is 0 Å². The number of benzene rings is 4.